The van der Waals surface area contributed by atoms with Crippen LogP contribution in [0.4, 0.5) is 5.69 Å². The SMILES string of the molecule is Cc1nn(CC(=O)Nc2cccc(C(N)=S)c2)c(C)c1Cl. The molecule has 0 spiro atoms. The number of amides is 1. The predicted molar refractivity (Wildman–Crippen MR) is 87.7 cm³/mol. The molecule has 1 aromatic heterocycles. The number of hydrogen-bond donors (Lipinski definition) is 2. The Labute approximate surface area is 133 Å². The Morgan fingerprint density at radius 1 is 1.48 bits per heavy atom. The van der Waals surface area contributed by atoms with Gasteiger partial charge in [-0.25, -0.2) is 0 Å². The van der Waals surface area contributed by atoms with Crippen LogP contribution in [0.5, 0.6) is 0 Å². The summed E-state index contributed by atoms with van der Waals surface area (Å²) in [6, 6.07) is 7.07. The second-order valence-corrected chi connectivity index (χ2v) is 5.45. The zero-order valence-electron chi connectivity index (χ0n) is 11.7. The van der Waals surface area contributed by atoms with Crippen molar-refractivity contribution in [2.75, 3.05) is 5.32 Å². The van der Waals surface area contributed by atoms with E-state index in [1.165, 1.54) is 0 Å². The van der Waals surface area contributed by atoms with Crippen molar-refractivity contribution < 1.29 is 4.79 Å². The molecule has 21 heavy (non-hydrogen) atoms. The molecule has 0 radical (unpaired) electrons. The largest absolute Gasteiger partial charge is 0.389 e. The number of nitrogens with one attached hydrogen (secondary N) is 1. The van der Waals surface area contributed by atoms with Crippen LogP contribution in [-0.4, -0.2) is 20.7 Å². The van der Waals surface area contributed by atoms with E-state index in [1.807, 2.05) is 6.92 Å². The van der Waals surface area contributed by atoms with E-state index in [-0.39, 0.29) is 17.4 Å². The number of carbonyl (C=O) groups excluding carboxylic acids is 1. The lowest BCUT2D eigenvalue weighted by Gasteiger charge is -2.08. The minimum Gasteiger partial charge on any atom is -0.389 e. The molecule has 5 nitrogen and oxygen atoms in total. The van der Waals surface area contributed by atoms with E-state index in [1.54, 1.807) is 35.9 Å². The molecule has 0 bridgehead atoms. The number of thiocarbonyl (C=S) groups is 1. The smallest absolute Gasteiger partial charge is 0.246 e. The summed E-state index contributed by atoms with van der Waals surface area (Å²) in [6.45, 7) is 3.72. The zero-order chi connectivity index (χ0) is 15.6. The lowest BCUT2D eigenvalue weighted by molar-refractivity contribution is -0.116. The van der Waals surface area contributed by atoms with Crippen molar-refractivity contribution in [3.8, 4) is 0 Å². The van der Waals surface area contributed by atoms with Crippen LogP contribution in [0.2, 0.25) is 5.02 Å². The molecule has 0 aliphatic rings. The first kappa shape index (κ1) is 15.5. The van der Waals surface area contributed by atoms with Crippen LogP contribution in [-0.2, 0) is 11.3 Å². The van der Waals surface area contributed by atoms with Crippen molar-refractivity contribution in [1.29, 1.82) is 0 Å². The molecule has 0 saturated heterocycles. The Morgan fingerprint density at radius 3 is 2.76 bits per heavy atom. The Kier molecular flexibility index (Phi) is 4.59. The fourth-order valence-electron chi connectivity index (χ4n) is 1.92. The predicted octanol–water partition coefficient (Wildman–Crippen LogP) is 2.43. The van der Waals surface area contributed by atoms with Crippen LogP contribution in [0.15, 0.2) is 24.3 Å². The van der Waals surface area contributed by atoms with Gasteiger partial charge in [-0.05, 0) is 26.0 Å². The minimum absolute atomic E-state index is 0.0939. The fraction of sp³-hybridized carbons (Fsp3) is 0.214. The Hall–Kier alpha value is -1.92. The maximum absolute atomic E-state index is 12.1. The van der Waals surface area contributed by atoms with Crippen molar-refractivity contribution in [3.05, 3.63) is 46.2 Å². The van der Waals surface area contributed by atoms with Crippen LogP contribution in [0.1, 0.15) is 17.0 Å². The van der Waals surface area contributed by atoms with Gasteiger partial charge in [0.05, 0.1) is 16.4 Å². The molecule has 0 aliphatic carbocycles. The van der Waals surface area contributed by atoms with Crippen molar-refractivity contribution in [2.24, 2.45) is 5.73 Å². The molecule has 0 atom stereocenters. The molecule has 2 rings (SSSR count). The van der Waals surface area contributed by atoms with Gasteiger partial charge in [0.1, 0.15) is 11.5 Å². The van der Waals surface area contributed by atoms with Gasteiger partial charge in [-0.2, -0.15) is 5.10 Å². The third-order valence-corrected chi connectivity index (χ3v) is 3.80. The van der Waals surface area contributed by atoms with Crippen molar-refractivity contribution in [3.63, 3.8) is 0 Å². The van der Waals surface area contributed by atoms with Gasteiger partial charge in [0.2, 0.25) is 5.91 Å². The summed E-state index contributed by atoms with van der Waals surface area (Å²) in [4.78, 5) is 12.3. The van der Waals surface area contributed by atoms with Crippen LogP contribution < -0.4 is 11.1 Å². The van der Waals surface area contributed by atoms with Gasteiger partial charge in [-0.1, -0.05) is 36.0 Å². The molecule has 110 valence electrons. The highest BCUT2D eigenvalue weighted by molar-refractivity contribution is 7.80. The second-order valence-electron chi connectivity index (χ2n) is 4.64. The number of nitrogens with zero attached hydrogens (tertiary/aromatic N) is 2. The second kappa shape index (κ2) is 6.24. The van der Waals surface area contributed by atoms with E-state index in [4.69, 9.17) is 29.6 Å². The summed E-state index contributed by atoms with van der Waals surface area (Å²) in [5.41, 5.74) is 8.38. The van der Waals surface area contributed by atoms with E-state index in [0.29, 0.717) is 22.0 Å². The summed E-state index contributed by atoms with van der Waals surface area (Å²) in [5.74, 6) is -0.197. The van der Waals surface area contributed by atoms with E-state index in [0.717, 1.165) is 5.69 Å². The van der Waals surface area contributed by atoms with Crippen molar-refractivity contribution in [1.82, 2.24) is 9.78 Å². The lowest BCUT2D eigenvalue weighted by Crippen LogP contribution is -2.20. The van der Waals surface area contributed by atoms with Gasteiger partial charge in [0.15, 0.2) is 0 Å². The van der Waals surface area contributed by atoms with Gasteiger partial charge < -0.3 is 11.1 Å². The number of rotatable bonds is 4. The number of carbonyl (C=O) groups is 1. The van der Waals surface area contributed by atoms with Gasteiger partial charge in [0.25, 0.3) is 0 Å². The summed E-state index contributed by atoms with van der Waals surface area (Å²) in [7, 11) is 0. The molecule has 0 unspecified atom stereocenters. The standard InChI is InChI=1S/C14H15ClN4OS/c1-8-13(15)9(2)19(18-8)7-12(20)17-11-5-3-4-10(6-11)14(16)21/h3-6H,7H2,1-2H3,(H2,16,21)(H,17,20). The average Bonchev–Trinajstić information content (AvgIpc) is 2.66. The number of aryl methyl sites for hydroxylation is 1. The van der Waals surface area contributed by atoms with E-state index in [2.05, 4.69) is 10.4 Å². The van der Waals surface area contributed by atoms with Crippen molar-refractivity contribution in [2.45, 2.75) is 20.4 Å². The highest BCUT2D eigenvalue weighted by Crippen LogP contribution is 2.19. The first-order valence-corrected chi connectivity index (χ1v) is 7.06. The van der Waals surface area contributed by atoms with E-state index in [9.17, 15) is 4.79 Å². The van der Waals surface area contributed by atoms with Crippen molar-refractivity contribution >= 4 is 40.4 Å². The molecular formula is C14H15ClN4OS. The molecule has 0 aliphatic heterocycles. The molecule has 2 aromatic rings. The third-order valence-electron chi connectivity index (χ3n) is 3.02. The number of nitrogens with two attached hydrogens (primary N) is 1. The highest BCUT2D eigenvalue weighted by atomic mass is 35.5. The molecule has 7 heteroatoms. The van der Waals surface area contributed by atoms with Crippen LogP contribution >= 0.6 is 23.8 Å². The summed E-state index contributed by atoms with van der Waals surface area (Å²) in [5, 5.41) is 7.59. The fourth-order valence-corrected chi connectivity index (χ4v) is 2.18. The highest BCUT2D eigenvalue weighted by Gasteiger charge is 2.12. The molecule has 1 amide bonds. The minimum atomic E-state index is -0.197. The number of aromatic nitrogens is 2. The third kappa shape index (κ3) is 3.59. The number of halogens is 1. The topological polar surface area (TPSA) is 72.9 Å². The monoisotopic (exact) mass is 322 g/mol. The van der Waals surface area contributed by atoms with E-state index >= 15 is 0 Å². The Morgan fingerprint density at radius 2 is 2.19 bits per heavy atom. The van der Waals surface area contributed by atoms with Gasteiger partial charge in [0, 0.05) is 11.3 Å². The summed E-state index contributed by atoms with van der Waals surface area (Å²) >= 11 is 11.0. The average molecular weight is 323 g/mol. The van der Waals surface area contributed by atoms with Crippen LogP contribution in [0.25, 0.3) is 0 Å². The lowest BCUT2D eigenvalue weighted by atomic mass is 10.2. The molecule has 1 aromatic carbocycles. The summed E-state index contributed by atoms with van der Waals surface area (Å²) in [6.07, 6.45) is 0. The molecule has 3 N–H and O–H groups in total. The zero-order valence-corrected chi connectivity index (χ0v) is 13.3. The normalized spacial score (nSPS) is 10.4. The van der Waals surface area contributed by atoms with Crippen LogP contribution in [0, 0.1) is 13.8 Å². The van der Waals surface area contributed by atoms with Gasteiger partial charge in [-0.3, -0.25) is 9.48 Å². The Balaban J connectivity index is 2.10. The van der Waals surface area contributed by atoms with Crippen LogP contribution in [0.3, 0.4) is 0 Å². The number of hydrogen-bond acceptors (Lipinski definition) is 3. The maximum atomic E-state index is 12.1. The summed E-state index contributed by atoms with van der Waals surface area (Å²) < 4.78 is 1.57. The quantitative estimate of drug-likeness (QED) is 0.848. The number of benzene rings is 1. The molecule has 0 fully saturated rings. The number of anilines is 1. The Bertz CT molecular complexity index is 711. The molecule has 1 heterocycles. The van der Waals surface area contributed by atoms with Gasteiger partial charge in [-0.15, -0.1) is 0 Å². The molecular weight excluding hydrogens is 308 g/mol. The first-order valence-electron chi connectivity index (χ1n) is 6.27. The van der Waals surface area contributed by atoms with E-state index < -0.39 is 0 Å². The molecule has 0 saturated carbocycles. The first-order chi connectivity index (χ1) is 9.88. The van der Waals surface area contributed by atoms with Gasteiger partial charge >= 0.3 is 0 Å². The maximum Gasteiger partial charge on any atom is 0.246 e.